The molecular weight excluding hydrogens is 355 g/mol. The highest BCUT2D eigenvalue weighted by Gasteiger charge is 2.30. The maximum Gasteiger partial charge on any atom is 0.246 e. The van der Waals surface area contributed by atoms with Crippen LogP contribution in [0, 0.1) is 17.5 Å². The van der Waals surface area contributed by atoms with E-state index in [1.54, 1.807) is 0 Å². The number of thiazole rings is 1. The van der Waals surface area contributed by atoms with E-state index >= 15 is 0 Å². The number of nitrogens with one attached hydrogen (secondary N) is 1. The molecule has 11 heteroatoms. The fourth-order valence-electron chi connectivity index (χ4n) is 1.72. The number of carbonyl (C=O) groups excluding carboxylic acids is 1. The zero-order valence-corrected chi connectivity index (χ0v) is 13.9. The van der Waals surface area contributed by atoms with Crippen molar-refractivity contribution in [2.45, 2.75) is 12.2 Å². The first-order valence-electron chi connectivity index (χ1n) is 6.21. The van der Waals surface area contributed by atoms with Crippen LogP contribution in [0.25, 0.3) is 10.2 Å². The van der Waals surface area contributed by atoms with Gasteiger partial charge in [0.2, 0.25) is 15.9 Å². The summed E-state index contributed by atoms with van der Waals surface area (Å²) in [5.74, 6) is -5.25. The molecule has 1 N–H and O–H groups in total. The number of hydrogen-bond donors (Lipinski definition) is 1. The zero-order valence-electron chi connectivity index (χ0n) is 12.2. The van der Waals surface area contributed by atoms with E-state index in [1.807, 2.05) is 4.72 Å². The molecule has 6 nitrogen and oxygen atoms in total. The molecule has 126 valence electrons. The van der Waals surface area contributed by atoms with Gasteiger partial charge in [-0.25, -0.2) is 26.6 Å². The summed E-state index contributed by atoms with van der Waals surface area (Å²) in [6.45, 7) is 1.18. The lowest BCUT2D eigenvalue weighted by Gasteiger charge is -2.17. The molecule has 0 aliphatic rings. The van der Waals surface area contributed by atoms with Crippen molar-refractivity contribution in [1.82, 2.24) is 9.88 Å². The van der Waals surface area contributed by atoms with Gasteiger partial charge in [-0.1, -0.05) is 11.3 Å². The van der Waals surface area contributed by atoms with Crippen molar-refractivity contribution in [3.05, 3.63) is 23.5 Å². The molecule has 0 aliphatic carbocycles. The molecule has 1 aromatic heterocycles. The monoisotopic (exact) mass is 367 g/mol. The summed E-state index contributed by atoms with van der Waals surface area (Å²) in [5.41, 5.74) is -0.488. The minimum atomic E-state index is -4.14. The summed E-state index contributed by atoms with van der Waals surface area (Å²) in [7, 11) is -1.35. The molecule has 2 rings (SSSR count). The number of fused-ring (bicyclic) bond motifs is 1. The normalized spacial score (nSPS) is 13.1. The molecule has 23 heavy (non-hydrogen) atoms. The third-order valence-corrected chi connectivity index (χ3v) is 5.66. The lowest BCUT2D eigenvalue weighted by atomic mass is 10.3. The SMILES string of the molecule is CC(C(=O)N(C)C)S(=O)(=O)Nc1nc2c(F)c(F)c(F)cc2s1. The second-order valence-corrected chi connectivity index (χ2v) is 7.91. The van der Waals surface area contributed by atoms with Crippen molar-refractivity contribution < 1.29 is 26.4 Å². The van der Waals surface area contributed by atoms with Gasteiger partial charge in [0.25, 0.3) is 0 Å². The summed E-state index contributed by atoms with van der Waals surface area (Å²) >= 11 is 0.626. The number of aromatic nitrogens is 1. The van der Waals surface area contributed by atoms with E-state index in [-0.39, 0.29) is 9.83 Å². The summed E-state index contributed by atoms with van der Waals surface area (Å²) in [4.78, 5) is 16.4. The van der Waals surface area contributed by atoms with Gasteiger partial charge in [0, 0.05) is 14.1 Å². The maximum atomic E-state index is 13.6. The molecule has 1 amide bonds. The third kappa shape index (κ3) is 3.24. The van der Waals surface area contributed by atoms with Crippen LogP contribution in [0.2, 0.25) is 0 Å². The Labute approximate surface area is 134 Å². The average Bonchev–Trinajstić information content (AvgIpc) is 2.84. The Bertz CT molecular complexity index is 881. The first-order valence-corrected chi connectivity index (χ1v) is 8.57. The van der Waals surface area contributed by atoms with E-state index < -0.39 is 44.1 Å². The van der Waals surface area contributed by atoms with Gasteiger partial charge in [-0.05, 0) is 13.0 Å². The molecule has 1 atom stereocenters. The minimum Gasteiger partial charge on any atom is -0.348 e. The van der Waals surface area contributed by atoms with E-state index in [9.17, 15) is 26.4 Å². The highest BCUT2D eigenvalue weighted by atomic mass is 32.2. The number of anilines is 1. The van der Waals surface area contributed by atoms with Crippen molar-refractivity contribution in [1.29, 1.82) is 0 Å². The Balaban J connectivity index is 2.39. The van der Waals surface area contributed by atoms with E-state index in [2.05, 4.69) is 4.98 Å². The number of nitrogens with zero attached hydrogens (tertiary/aromatic N) is 2. The van der Waals surface area contributed by atoms with Gasteiger partial charge < -0.3 is 4.90 Å². The number of sulfonamides is 1. The molecule has 0 aliphatic heterocycles. The van der Waals surface area contributed by atoms with Crippen LogP contribution < -0.4 is 4.72 Å². The second-order valence-electron chi connectivity index (χ2n) is 4.87. The quantitative estimate of drug-likeness (QED) is 0.838. The van der Waals surface area contributed by atoms with Crippen molar-refractivity contribution in [3.8, 4) is 0 Å². The number of amides is 1. The molecule has 1 unspecified atom stereocenters. The topological polar surface area (TPSA) is 79.4 Å². The van der Waals surface area contributed by atoms with Gasteiger partial charge >= 0.3 is 0 Å². The highest BCUT2D eigenvalue weighted by Crippen LogP contribution is 2.31. The van der Waals surface area contributed by atoms with Gasteiger partial charge in [-0.3, -0.25) is 9.52 Å². The molecule has 0 radical (unpaired) electrons. The summed E-state index contributed by atoms with van der Waals surface area (Å²) in [5, 5.41) is -1.70. The van der Waals surface area contributed by atoms with Crippen LogP contribution in [0.15, 0.2) is 6.07 Å². The molecule has 0 bridgehead atoms. The summed E-state index contributed by atoms with van der Waals surface area (Å²) in [6, 6.07) is 0.720. The van der Waals surface area contributed by atoms with Crippen LogP contribution in [-0.2, 0) is 14.8 Å². The largest absolute Gasteiger partial charge is 0.348 e. The minimum absolute atomic E-state index is 0.0642. The highest BCUT2D eigenvalue weighted by molar-refractivity contribution is 7.94. The van der Waals surface area contributed by atoms with Crippen LogP contribution in [0.3, 0.4) is 0 Å². The van der Waals surface area contributed by atoms with E-state index in [1.165, 1.54) is 21.0 Å². The maximum absolute atomic E-state index is 13.6. The number of benzene rings is 1. The molecule has 2 aromatic rings. The zero-order chi connectivity index (χ0) is 17.5. The second kappa shape index (κ2) is 5.96. The number of carbonyl (C=O) groups is 1. The molecule has 0 saturated carbocycles. The summed E-state index contributed by atoms with van der Waals surface area (Å²) in [6.07, 6.45) is 0. The first kappa shape index (κ1) is 17.5. The standard InChI is InChI=1S/C12H12F3N3O3S2/c1-5(11(19)18(2)3)23(20,21)17-12-16-10-7(22-12)4-6(13)8(14)9(10)15/h4-5H,1-3H3,(H,16,17). The van der Waals surface area contributed by atoms with Crippen LogP contribution in [0.4, 0.5) is 18.3 Å². The molecule has 0 saturated heterocycles. The van der Waals surface area contributed by atoms with E-state index in [4.69, 9.17) is 0 Å². The smallest absolute Gasteiger partial charge is 0.246 e. The van der Waals surface area contributed by atoms with Crippen molar-refractivity contribution in [3.63, 3.8) is 0 Å². The Morgan fingerprint density at radius 3 is 2.48 bits per heavy atom. The van der Waals surface area contributed by atoms with Crippen LogP contribution >= 0.6 is 11.3 Å². The van der Waals surface area contributed by atoms with Crippen LogP contribution in [0.1, 0.15) is 6.92 Å². The Hall–Kier alpha value is -1.88. The first-order chi connectivity index (χ1) is 10.5. The average molecular weight is 367 g/mol. The fraction of sp³-hybridized carbons (Fsp3) is 0.333. The molecule has 1 aromatic carbocycles. The number of halogens is 3. The predicted molar refractivity (Wildman–Crippen MR) is 80.2 cm³/mol. The van der Waals surface area contributed by atoms with E-state index in [0.29, 0.717) is 11.3 Å². The lowest BCUT2D eigenvalue weighted by Crippen LogP contribution is -2.39. The third-order valence-electron chi connectivity index (χ3n) is 3.01. The fourth-order valence-corrected chi connectivity index (χ4v) is 3.92. The molecule has 0 spiro atoms. The van der Waals surface area contributed by atoms with Crippen LogP contribution in [0.5, 0.6) is 0 Å². The molecule has 1 heterocycles. The van der Waals surface area contributed by atoms with E-state index in [0.717, 1.165) is 11.0 Å². The number of hydrogen-bond acceptors (Lipinski definition) is 5. The molecular formula is C12H12F3N3O3S2. The molecule has 0 fully saturated rings. The van der Waals surface area contributed by atoms with Crippen LogP contribution in [-0.4, -0.2) is 43.6 Å². The Morgan fingerprint density at radius 2 is 1.91 bits per heavy atom. The predicted octanol–water partition coefficient (Wildman–Crippen LogP) is 1.93. The lowest BCUT2D eigenvalue weighted by molar-refractivity contribution is -0.127. The van der Waals surface area contributed by atoms with Gasteiger partial charge in [0.15, 0.2) is 27.8 Å². The summed E-state index contributed by atoms with van der Waals surface area (Å²) < 4.78 is 66.1. The van der Waals surface area contributed by atoms with Gasteiger partial charge in [-0.15, -0.1) is 0 Å². The number of rotatable bonds is 4. The van der Waals surface area contributed by atoms with Gasteiger partial charge in [-0.2, -0.15) is 0 Å². The Morgan fingerprint density at radius 1 is 1.30 bits per heavy atom. The van der Waals surface area contributed by atoms with Crippen molar-refractivity contribution in [2.75, 3.05) is 18.8 Å². The van der Waals surface area contributed by atoms with Crippen molar-refractivity contribution >= 4 is 42.6 Å². The van der Waals surface area contributed by atoms with Crippen molar-refractivity contribution in [2.24, 2.45) is 0 Å². The Kier molecular flexibility index (Phi) is 4.53. The van der Waals surface area contributed by atoms with Gasteiger partial charge in [0.1, 0.15) is 5.52 Å². The van der Waals surface area contributed by atoms with Gasteiger partial charge in [0.05, 0.1) is 4.70 Å².